The summed E-state index contributed by atoms with van der Waals surface area (Å²) in [7, 11) is 1.59. The van der Waals surface area contributed by atoms with Crippen LogP contribution in [0.4, 0.5) is 0 Å². The topological polar surface area (TPSA) is 94.5 Å². The van der Waals surface area contributed by atoms with Crippen molar-refractivity contribution >= 4 is 23.8 Å². The van der Waals surface area contributed by atoms with Crippen molar-refractivity contribution in [2.75, 3.05) is 7.11 Å². The number of ketones is 1. The molecule has 0 aliphatic rings. The minimum Gasteiger partial charge on any atom is -0.497 e. The fourth-order valence-corrected chi connectivity index (χ4v) is 3.46. The van der Waals surface area contributed by atoms with E-state index in [0.29, 0.717) is 22.8 Å². The number of aryl methyl sites for hydroxylation is 1. The summed E-state index contributed by atoms with van der Waals surface area (Å²) in [5, 5.41) is 17.4. The number of hydrogen-bond donors (Lipinski definition) is 1. The molecule has 0 fully saturated rings. The zero-order chi connectivity index (χ0) is 23.6. The molecule has 0 bridgehead atoms. The summed E-state index contributed by atoms with van der Waals surface area (Å²) in [4.78, 5) is 13.1. The largest absolute Gasteiger partial charge is 0.497 e. The number of fused-ring (bicyclic) bond motifs is 1. The van der Waals surface area contributed by atoms with E-state index >= 15 is 0 Å². The number of nitrogens with one attached hydrogen (secondary N) is 1. The normalized spacial score (nSPS) is 11.5. The van der Waals surface area contributed by atoms with Gasteiger partial charge in [0.05, 0.1) is 13.2 Å². The molecule has 0 radical (unpaired) electrons. The summed E-state index contributed by atoms with van der Waals surface area (Å²) in [5.41, 5.74) is 2.78. The molecule has 180 valence electrons. The fraction of sp³-hybridized carbons (Fsp3) is 0.500. The molecule has 0 atom stereocenters. The number of rotatable bonds is 8. The maximum Gasteiger partial charge on any atom is 0.242 e. The Hall–Kier alpha value is -2.87. The van der Waals surface area contributed by atoms with Crippen LogP contribution < -0.4 is 15.1 Å². The molecule has 2 heterocycles. The van der Waals surface area contributed by atoms with Gasteiger partial charge >= 0.3 is 0 Å². The molecule has 3 aromatic rings. The van der Waals surface area contributed by atoms with E-state index in [9.17, 15) is 4.79 Å². The van der Waals surface area contributed by atoms with E-state index in [0.717, 1.165) is 24.0 Å². The van der Waals surface area contributed by atoms with Crippen molar-refractivity contribution in [2.45, 2.75) is 72.4 Å². The molecule has 0 unspecified atom stereocenters. The Morgan fingerprint density at radius 2 is 1.79 bits per heavy atom. The number of carbonyl (C=O) groups is 1. The Bertz CT molecular complexity index is 1190. The highest BCUT2D eigenvalue weighted by molar-refractivity contribution is 5.96. The lowest BCUT2D eigenvalue weighted by Crippen LogP contribution is -2.27. The van der Waals surface area contributed by atoms with Crippen molar-refractivity contribution in [3.05, 3.63) is 46.6 Å². The van der Waals surface area contributed by atoms with Crippen molar-refractivity contribution in [2.24, 2.45) is 0 Å². The van der Waals surface area contributed by atoms with Crippen molar-refractivity contribution in [3.8, 4) is 11.6 Å². The van der Waals surface area contributed by atoms with Crippen molar-refractivity contribution < 1.29 is 14.3 Å². The van der Waals surface area contributed by atoms with E-state index in [1.807, 2.05) is 25.1 Å². The number of hydrogen-bond acceptors (Lipinski definition) is 6. The van der Waals surface area contributed by atoms with E-state index in [-0.39, 0.29) is 41.9 Å². The summed E-state index contributed by atoms with van der Waals surface area (Å²) in [6.07, 6.45) is 1.81. The molecule has 3 rings (SSSR count). The van der Waals surface area contributed by atoms with Gasteiger partial charge in [-0.15, -0.1) is 22.6 Å². The molecule has 1 aromatic carbocycles. The van der Waals surface area contributed by atoms with Crippen molar-refractivity contribution in [1.82, 2.24) is 19.4 Å². The molecular formula is C24H34ClN5O3. The number of methoxy groups -OCH3 is 1. The van der Waals surface area contributed by atoms with Gasteiger partial charge in [-0.1, -0.05) is 34.6 Å². The van der Waals surface area contributed by atoms with Crippen LogP contribution in [0.1, 0.15) is 68.9 Å². The second-order valence-corrected chi connectivity index (χ2v) is 9.06. The van der Waals surface area contributed by atoms with Gasteiger partial charge in [-0.05, 0) is 48.9 Å². The Balaban J connectivity index is 0.00000385. The molecule has 2 aromatic heterocycles. The van der Waals surface area contributed by atoms with E-state index in [1.165, 1.54) is 9.20 Å². The van der Waals surface area contributed by atoms with Gasteiger partial charge in [-0.25, -0.2) is 4.68 Å². The minimum atomic E-state index is -0.150. The second kappa shape index (κ2) is 10.4. The Labute approximate surface area is 200 Å². The summed E-state index contributed by atoms with van der Waals surface area (Å²) in [5.74, 6) is 0.936. The van der Waals surface area contributed by atoms with E-state index < -0.39 is 0 Å². The van der Waals surface area contributed by atoms with Crippen LogP contribution in [0.25, 0.3) is 5.65 Å². The van der Waals surface area contributed by atoms with Crippen LogP contribution >= 0.6 is 12.4 Å². The first-order valence-corrected chi connectivity index (χ1v) is 11.0. The van der Waals surface area contributed by atoms with Gasteiger partial charge in [0.15, 0.2) is 11.4 Å². The standard InChI is InChI=1S/C24H33N5O3.ClH/c1-8-18(9-2)32-21-10-15(3)22-27-28(23(25)29(22)26-21)14-20(30)16-11-17(24(4,5)6)13-19(12-16)31-7;/h10-13,18,25H,8-9,14H2,1-7H3;1H. The van der Waals surface area contributed by atoms with Crippen LogP contribution in [0, 0.1) is 12.3 Å². The molecule has 9 heteroatoms. The monoisotopic (exact) mass is 475 g/mol. The maximum atomic E-state index is 13.1. The molecule has 0 saturated heterocycles. The maximum absolute atomic E-state index is 13.1. The lowest BCUT2D eigenvalue weighted by molar-refractivity contribution is 0.0965. The first-order chi connectivity index (χ1) is 15.1. The first kappa shape index (κ1) is 26.4. The molecule has 1 N–H and O–H groups in total. The smallest absolute Gasteiger partial charge is 0.242 e. The minimum absolute atomic E-state index is 0. The first-order valence-electron chi connectivity index (χ1n) is 11.0. The van der Waals surface area contributed by atoms with Gasteiger partial charge in [-0.3, -0.25) is 10.2 Å². The highest BCUT2D eigenvalue weighted by Gasteiger charge is 2.20. The average Bonchev–Trinajstić information content (AvgIpc) is 3.07. The van der Waals surface area contributed by atoms with Gasteiger partial charge in [-0.2, -0.15) is 4.52 Å². The van der Waals surface area contributed by atoms with Crippen molar-refractivity contribution in [1.29, 1.82) is 5.41 Å². The third-order valence-corrected chi connectivity index (χ3v) is 5.57. The molecule has 0 amide bonds. The Morgan fingerprint density at radius 3 is 2.36 bits per heavy atom. The van der Waals surface area contributed by atoms with Gasteiger partial charge in [0.2, 0.25) is 11.5 Å². The number of aromatic nitrogens is 4. The molecule has 0 saturated carbocycles. The van der Waals surface area contributed by atoms with Crippen LogP contribution in [0.15, 0.2) is 24.3 Å². The molecule has 8 nitrogen and oxygen atoms in total. The molecule has 0 spiro atoms. The zero-order valence-corrected chi connectivity index (χ0v) is 21.2. The summed E-state index contributed by atoms with van der Waals surface area (Å²) in [6, 6.07) is 7.38. The van der Waals surface area contributed by atoms with Crippen LogP contribution in [0.2, 0.25) is 0 Å². The zero-order valence-electron chi connectivity index (χ0n) is 20.4. The molecule has 0 aliphatic carbocycles. The number of nitrogens with zero attached hydrogens (tertiary/aromatic N) is 4. The third kappa shape index (κ3) is 5.74. The number of halogens is 1. The molecule has 0 aliphatic heterocycles. The van der Waals surface area contributed by atoms with Crippen LogP contribution in [0.3, 0.4) is 0 Å². The van der Waals surface area contributed by atoms with Gasteiger partial charge in [0.1, 0.15) is 12.3 Å². The Morgan fingerprint density at radius 1 is 1.12 bits per heavy atom. The second-order valence-electron chi connectivity index (χ2n) is 9.06. The van der Waals surface area contributed by atoms with Gasteiger partial charge in [0.25, 0.3) is 0 Å². The Kier molecular flexibility index (Phi) is 8.30. The number of ether oxygens (including phenoxy) is 2. The van der Waals surface area contributed by atoms with Gasteiger partial charge in [0, 0.05) is 17.2 Å². The van der Waals surface area contributed by atoms with E-state index in [1.54, 1.807) is 13.2 Å². The summed E-state index contributed by atoms with van der Waals surface area (Å²) >= 11 is 0. The SMILES string of the molecule is CCC(CC)Oc1cc(C)c2nn(CC(=O)c3cc(OC)cc(C(C)(C)C)c3)c(=N)n2n1.Cl. The summed E-state index contributed by atoms with van der Waals surface area (Å²) in [6.45, 7) is 12.2. The highest BCUT2D eigenvalue weighted by Crippen LogP contribution is 2.28. The third-order valence-electron chi connectivity index (χ3n) is 5.57. The lowest BCUT2D eigenvalue weighted by Gasteiger charge is -2.20. The predicted molar refractivity (Wildman–Crippen MR) is 130 cm³/mol. The number of Topliss-reactive ketones (excluding diaryl/α,β-unsaturated/α-hetero) is 1. The fourth-order valence-electron chi connectivity index (χ4n) is 3.46. The van der Waals surface area contributed by atoms with Crippen LogP contribution in [-0.2, 0) is 12.0 Å². The molecule has 33 heavy (non-hydrogen) atoms. The lowest BCUT2D eigenvalue weighted by atomic mass is 9.85. The van der Waals surface area contributed by atoms with Crippen LogP contribution in [-0.4, -0.2) is 38.4 Å². The van der Waals surface area contributed by atoms with E-state index in [2.05, 4.69) is 44.8 Å². The quantitative estimate of drug-likeness (QED) is 0.484. The average molecular weight is 476 g/mol. The summed E-state index contributed by atoms with van der Waals surface area (Å²) < 4.78 is 14.1. The van der Waals surface area contributed by atoms with E-state index in [4.69, 9.17) is 14.9 Å². The number of carbonyl (C=O) groups excluding carboxylic acids is 1. The van der Waals surface area contributed by atoms with Crippen molar-refractivity contribution in [3.63, 3.8) is 0 Å². The van der Waals surface area contributed by atoms with Crippen LogP contribution in [0.5, 0.6) is 11.6 Å². The highest BCUT2D eigenvalue weighted by atomic mass is 35.5. The predicted octanol–water partition coefficient (Wildman–Crippen LogP) is 4.50. The number of benzene rings is 1. The van der Waals surface area contributed by atoms with Gasteiger partial charge < -0.3 is 9.47 Å². The molecular weight excluding hydrogens is 442 g/mol.